The zero-order valence-electron chi connectivity index (χ0n) is 17.1. The third-order valence-corrected chi connectivity index (χ3v) is 4.04. The number of carbonyl (C=O) groups excluding carboxylic acids is 2. The van der Waals surface area contributed by atoms with E-state index < -0.39 is 17.9 Å². The van der Waals surface area contributed by atoms with Gasteiger partial charge in [0.1, 0.15) is 5.70 Å². The van der Waals surface area contributed by atoms with Crippen molar-refractivity contribution in [2.45, 2.75) is 13.8 Å². The fraction of sp³-hybridized carbons (Fsp3) is 0.286. The minimum absolute atomic E-state index is 0.0798. The van der Waals surface area contributed by atoms with E-state index in [1.54, 1.807) is 19.9 Å². The number of ether oxygens (including phenoxy) is 4. The van der Waals surface area contributed by atoms with Crippen LogP contribution < -0.4 is 14.4 Å². The van der Waals surface area contributed by atoms with Gasteiger partial charge in [0, 0.05) is 18.3 Å². The number of benzene rings is 1. The van der Waals surface area contributed by atoms with Crippen molar-refractivity contribution in [3.05, 3.63) is 53.4 Å². The molecule has 1 aromatic rings. The van der Waals surface area contributed by atoms with Crippen molar-refractivity contribution in [1.82, 2.24) is 0 Å². The number of methoxy groups -OCH3 is 2. The van der Waals surface area contributed by atoms with Crippen molar-refractivity contribution in [2.75, 3.05) is 32.3 Å². The Kier molecular flexibility index (Phi) is 7.62. The molecule has 0 atom stereocenters. The maximum Gasteiger partial charge on any atom is 0.355 e. The fourth-order valence-electron chi connectivity index (χ4n) is 2.81. The standard InChI is InChI=1S/C21H23NO8/c1-5-29-16-11-14(19(23)24)15(12-17(16)30-6-2)22-10-8-7-9-13(20(25)27-3)18(22)21(26)28-4/h7-12H,5-6H2,1-4H3,(H,23,24). The van der Waals surface area contributed by atoms with Crippen LogP contribution in [0.25, 0.3) is 0 Å². The third-order valence-electron chi connectivity index (χ3n) is 4.04. The average molecular weight is 417 g/mol. The van der Waals surface area contributed by atoms with Crippen LogP contribution in [0.15, 0.2) is 47.8 Å². The second-order valence-corrected chi connectivity index (χ2v) is 5.80. The molecular weight excluding hydrogens is 394 g/mol. The smallest absolute Gasteiger partial charge is 0.355 e. The minimum atomic E-state index is -1.26. The summed E-state index contributed by atoms with van der Waals surface area (Å²) >= 11 is 0. The summed E-state index contributed by atoms with van der Waals surface area (Å²) in [4.78, 5) is 38.2. The summed E-state index contributed by atoms with van der Waals surface area (Å²) in [6, 6.07) is 2.75. The van der Waals surface area contributed by atoms with E-state index in [1.807, 2.05) is 0 Å². The van der Waals surface area contributed by atoms with E-state index in [4.69, 9.17) is 18.9 Å². The Morgan fingerprint density at radius 1 is 0.933 bits per heavy atom. The largest absolute Gasteiger partial charge is 0.490 e. The summed E-state index contributed by atoms with van der Waals surface area (Å²) in [5.41, 5.74) is -0.392. The predicted molar refractivity (Wildman–Crippen MR) is 108 cm³/mol. The molecule has 0 aliphatic carbocycles. The molecule has 1 aromatic carbocycles. The number of esters is 2. The van der Waals surface area contributed by atoms with Crippen LogP contribution in [0.2, 0.25) is 0 Å². The molecule has 0 aromatic heterocycles. The van der Waals surface area contributed by atoms with E-state index in [9.17, 15) is 19.5 Å². The fourth-order valence-corrected chi connectivity index (χ4v) is 2.81. The Morgan fingerprint density at radius 3 is 2.07 bits per heavy atom. The molecule has 0 radical (unpaired) electrons. The van der Waals surface area contributed by atoms with E-state index in [1.165, 1.54) is 42.5 Å². The van der Waals surface area contributed by atoms with Crippen LogP contribution in [0.5, 0.6) is 11.5 Å². The van der Waals surface area contributed by atoms with Crippen molar-refractivity contribution in [3.63, 3.8) is 0 Å². The first kappa shape index (κ1) is 22.5. The molecule has 2 rings (SSSR count). The van der Waals surface area contributed by atoms with Gasteiger partial charge in [0.15, 0.2) is 11.5 Å². The highest BCUT2D eigenvalue weighted by atomic mass is 16.5. The van der Waals surface area contributed by atoms with Crippen LogP contribution >= 0.6 is 0 Å². The first-order valence-corrected chi connectivity index (χ1v) is 9.11. The molecule has 0 saturated carbocycles. The minimum Gasteiger partial charge on any atom is -0.490 e. The van der Waals surface area contributed by atoms with Crippen molar-refractivity contribution in [3.8, 4) is 11.5 Å². The molecule has 9 heteroatoms. The molecule has 0 spiro atoms. The number of hydrogen-bond donors (Lipinski definition) is 1. The summed E-state index contributed by atoms with van der Waals surface area (Å²) in [7, 11) is 2.33. The summed E-state index contributed by atoms with van der Waals surface area (Å²) < 4.78 is 20.7. The molecule has 160 valence electrons. The van der Waals surface area contributed by atoms with Crippen LogP contribution in [0, 0.1) is 0 Å². The summed E-state index contributed by atoms with van der Waals surface area (Å²) in [6.07, 6.45) is 5.89. The molecule has 1 heterocycles. The molecule has 1 aliphatic rings. The number of aromatic carboxylic acids is 1. The lowest BCUT2D eigenvalue weighted by atomic mass is 10.1. The van der Waals surface area contributed by atoms with Gasteiger partial charge in [-0.1, -0.05) is 6.08 Å². The maximum atomic E-state index is 12.6. The van der Waals surface area contributed by atoms with Crippen LogP contribution in [0.4, 0.5) is 5.69 Å². The average Bonchev–Trinajstić information content (AvgIpc) is 2.96. The SMILES string of the molecule is CCOc1cc(C(=O)O)c(N2C=CC=CC(C(=O)OC)=C2C(=O)OC)cc1OCC. The quantitative estimate of drug-likeness (QED) is 0.638. The summed E-state index contributed by atoms with van der Waals surface area (Å²) in [6.45, 7) is 4.13. The first-order chi connectivity index (χ1) is 14.4. The van der Waals surface area contributed by atoms with Crippen LogP contribution in [0.3, 0.4) is 0 Å². The van der Waals surface area contributed by atoms with E-state index in [0.717, 1.165) is 7.11 Å². The van der Waals surface area contributed by atoms with Crippen molar-refractivity contribution in [2.24, 2.45) is 0 Å². The monoisotopic (exact) mass is 417 g/mol. The van der Waals surface area contributed by atoms with Gasteiger partial charge in [-0.3, -0.25) is 0 Å². The molecule has 0 fully saturated rings. The Morgan fingerprint density at radius 2 is 1.53 bits per heavy atom. The Hall–Kier alpha value is -3.75. The van der Waals surface area contributed by atoms with E-state index in [2.05, 4.69) is 0 Å². The van der Waals surface area contributed by atoms with E-state index in [0.29, 0.717) is 13.2 Å². The molecular formula is C21H23NO8. The Bertz CT molecular complexity index is 929. The molecule has 1 aliphatic heterocycles. The highest BCUT2D eigenvalue weighted by Gasteiger charge is 2.30. The van der Waals surface area contributed by atoms with Gasteiger partial charge in [0.25, 0.3) is 0 Å². The number of carboxylic acids is 1. The number of carboxylic acid groups (broad SMARTS) is 1. The Labute approximate surface area is 173 Å². The third kappa shape index (κ3) is 4.62. The lowest BCUT2D eigenvalue weighted by Crippen LogP contribution is -2.28. The summed E-state index contributed by atoms with van der Waals surface area (Å²) in [5, 5.41) is 9.80. The number of nitrogens with zero attached hydrogens (tertiary/aromatic N) is 1. The zero-order valence-corrected chi connectivity index (χ0v) is 17.1. The van der Waals surface area contributed by atoms with Crippen LogP contribution in [-0.4, -0.2) is 50.4 Å². The highest BCUT2D eigenvalue weighted by molar-refractivity contribution is 6.07. The van der Waals surface area contributed by atoms with Gasteiger partial charge in [0.2, 0.25) is 0 Å². The predicted octanol–water partition coefficient (Wildman–Crippen LogP) is 2.67. The van der Waals surface area contributed by atoms with E-state index >= 15 is 0 Å². The number of carbonyl (C=O) groups is 3. The maximum absolute atomic E-state index is 12.6. The van der Waals surface area contributed by atoms with Crippen LogP contribution in [-0.2, 0) is 19.1 Å². The van der Waals surface area contributed by atoms with Gasteiger partial charge in [-0.2, -0.15) is 0 Å². The molecule has 0 saturated heterocycles. The molecule has 9 nitrogen and oxygen atoms in total. The van der Waals surface area contributed by atoms with Crippen LogP contribution in [0.1, 0.15) is 24.2 Å². The molecule has 0 amide bonds. The number of allylic oxidation sites excluding steroid dienone is 2. The summed E-state index contributed by atoms with van der Waals surface area (Å²) in [5.74, 6) is -2.37. The highest BCUT2D eigenvalue weighted by Crippen LogP contribution is 2.38. The normalized spacial score (nSPS) is 13.0. The molecule has 1 N–H and O–H groups in total. The number of hydrogen-bond acceptors (Lipinski definition) is 8. The lowest BCUT2D eigenvalue weighted by molar-refractivity contribution is -0.139. The Balaban J connectivity index is 2.83. The topological polar surface area (TPSA) is 112 Å². The van der Waals surface area contributed by atoms with Crippen molar-refractivity contribution >= 4 is 23.6 Å². The van der Waals surface area contributed by atoms with Crippen molar-refractivity contribution < 1.29 is 38.4 Å². The van der Waals surface area contributed by atoms with Gasteiger partial charge >= 0.3 is 17.9 Å². The first-order valence-electron chi connectivity index (χ1n) is 9.11. The molecule has 30 heavy (non-hydrogen) atoms. The van der Waals surface area contributed by atoms with Crippen molar-refractivity contribution in [1.29, 1.82) is 0 Å². The van der Waals surface area contributed by atoms with Gasteiger partial charge in [-0.05, 0) is 26.0 Å². The van der Waals surface area contributed by atoms with E-state index in [-0.39, 0.29) is 34.0 Å². The van der Waals surface area contributed by atoms with Gasteiger partial charge < -0.3 is 29.0 Å². The van der Waals surface area contributed by atoms with Gasteiger partial charge in [0.05, 0.1) is 44.3 Å². The second kappa shape index (κ2) is 10.1. The van der Waals surface area contributed by atoms with Gasteiger partial charge in [-0.15, -0.1) is 0 Å². The van der Waals surface area contributed by atoms with Gasteiger partial charge in [-0.25, -0.2) is 14.4 Å². The second-order valence-electron chi connectivity index (χ2n) is 5.80. The zero-order chi connectivity index (χ0) is 22.3. The molecule has 0 unspecified atom stereocenters. The lowest BCUT2D eigenvalue weighted by Gasteiger charge is -2.25. The number of anilines is 1. The molecule has 0 bridgehead atoms. The number of rotatable bonds is 8.